The van der Waals surface area contributed by atoms with Crippen LogP contribution in [0.3, 0.4) is 0 Å². The fraction of sp³-hybridized carbons (Fsp3) is 0.632. The van der Waals surface area contributed by atoms with Crippen LogP contribution in [-0.2, 0) is 5.41 Å². The van der Waals surface area contributed by atoms with Crippen LogP contribution >= 0.6 is 0 Å². The Balaban J connectivity index is 1.53. The maximum Gasteiger partial charge on any atom is 0.317 e. The van der Waals surface area contributed by atoms with Crippen molar-refractivity contribution in [3.05, 3.63) is 35.4 Å². The van der Waals surface area contributed by atoms with E-state index >= 15 is 0 Å². The number of benzene rings is 1. The first kappa shape index (κ1) is 16.3. The van der Waals surface area contributed by atoms with Gasteiger partial charge in [0.25, 0.3) is 0 Å². The molecule has 4 heteroatoms. The van der Waals surface area contributed by atoms with E-state index in [-0.39, 0.29) is 17.6 Å². The Morgan fingerprint density at radius 2 is 2.00 bits per heavy atom. The van der Waals surface area contributed by atoms with Crippen molar-refractivity contribution in [2.24, 2.45) is 5.92 Å². The lowest BCUT2D eigenvalue weighted by molar-refractivity contribution is 0.0797. The number of piperidine rings is 1. The van der Waals surface area contributed by atoms with E-state index in [0.29, 0.717) is 5.92 Å². The molecule has 4 nitrogen and oxygen atoms in total. The van der Waals surface area contributed by atoms with Crippen LogP contribution in [0.1, 0.15) is 43.7 Å². The number of aryl methyl sites for hydroxylation is 1. The normalized spacial score (nSPS) is 21.8. The molecule has 1 unspecified atom stereocenters. The number of aliphatic hydroxyl groups is 1. The highest BCUT2D eigenvalue weighted by molar-refractivity contribution is 5.74. The maximum absolute atomic E-state index is 12.4. The van der Waals surface area contributed by atoms with Gasteiger partial charge in [-0.15, -0.1) is 0 Å². The van der Waals surface area contributed by atoms with Gasteiger partial charge >= 0.3 is 6.03 Å². The van der Waals surface area contributed by atoms with E-state index in [1.165, 1.54) is 11.1 Å². The molecule has 1 aliphatic heterocycles. The Morgan fingerprint density at radius 1 is 1.35 bits per heavy atom. The lowest BCUT2D eigenvalue weighted by Gasteiger charge is -2.33. The molecule has 126 valence electrons. The van der Waals surface area contributed by atoms with Crippen LogP contribution in [0.4, 0.5) is 4.79 Å². The number of amides is 2. The van der Waals surface area contributed by atoms with Crippen LogP contribution < -0.4 is 5.32 Å². The smallest absolute Gasteiger partial charge is 0.317 e. The molecule has 1 aromatic carbocycles. The van der Waals surface area contributed by atoms with Crippen molar-refractivity contribution in [2.45, 2.75) is 51.0 Å². The average Bonchev–Trinajstić information content (AvgIpc) is 3.34. The Hall–Kier alpha value is -1.55. The summed E-state index contributed by atoms with van der Waals surface area (Å²) in [6.45, 7) is 6.22. The number of nitrogens with one attached hydrogen (secondary N) is 1. The van der Waals surface area contributed by atoms with E-state index in [9.17, 15) is 9.90 Å². The Kier molecular flexibility index (Phi) is 4.62. The molecule has 2 fully saturated rings. The molecule has 0 spiro atoms. The quantitative estimate of drug-likeness (QED) is 0.897. The second-order valence-electron chi connectivity index (χ2n) is 7.32. The zero-order valence-corrected chi connectivity index (χ0v) is 14.2. The minimum Gasteiger partial charge on any atom is -0.393 e. The third kappa shape index (κ3) is 3.52. The van der Waals surface area contributed by atoms with E-state index in [0.717, 1.165) is 45.3 Å². The summed E-state index contributed by atoms with van der Waals surface area (Å²) in [5.74, 6) is 0.334. The zero-order valence-electron chi connectivity index (χ0n) is 14.2. The Bertz CT molecular complexity index is 558. The molecule has 1 heterocycles. The van der Waals surface area contributed by atoms with Gasteiger partial charge in [-0.2, -0.15) is 0 Å². The zero-order chi connectivity index (χ0) is 16.4. The highest BCUT2D eigenvalue weighted by Crippen LogP contribution is 2.48. The number of carbonyl (C=O) groups excluding carboxylic acids is 1. The average molecular weight is 316 g/mol. The second-order valence-corrected chi connectivity index (χ2v) is 7.32. The molecular formula is C19H28N2O2. The van der Waals surface area contributed by atoms with Crippen molar-refractivity contribution in [3.8, 4) is 0 Å². The van der Waals surface area contributed by atoms with Gasteiger partial charge < -0.3 is 15.3 Å². The molecule has 0 aromatic heterocycles. The maximum atomic E-state index is 12.4. The first-order chi connectivity index (χ1) is 11.0. The van der Waals surface area contributed by atoms with Gasteiger partial charge in [0.2, 0.25) is 0 Å². The van der Waals surface area contributed by atoms with E-state index in [1.54, 1.807) is 0 Å². The van der Waals surface area contributed by atoms with Crippen molar-refractivity contribution in [3.63, 3.8) is 0 Å². The van der Waals surface area contributed by atoms with Gasteiger partial charge in [0.1, 0.15) is 0 Å². The van der Waals surface area contributed by atoms with E-state index in [2.05, 4.69) is 36.5 Å². The Labute approximate surface area is 138 Å². The van der Waals surface area contributed by atoms with Crippen molar-refractivity contribution in [2.75, 3.05) is 19.6 Å². The summed E-state index contributed by atoms with van der Waals surface area (Å²) in [7, 11) is 0. The molecule has 0 bridgehead atoms. The van der Waals surface area contributed by atoms with Crippen molar-refractivity contribution in [1.82, 2.24) is 10.2 Å². The third-order valence-corrected chi connectivity index (χ3v) is 5.66. The predicted octanol–water partition coefficient (Wildman–Crippen LogP) is 2.83. The minimum atomic E-state index is -0.268. The highest BCUT2D eigenvalue weighted by Gasteiger charge is 2.45. The number of likely N-dealkylation sites (tertiary alicyclic amines) is 1. The number of rotatable bonds is 4. The summed E-state index contributed by atoms with van der Waals surface area (Å²) >= 11 is 0. The van der Waals surface area contributed by atoms with Gasteiger partial charge in [0, 0.05) is 25.0 Å². The van der Waals surface area contributed by atoms with E-state index < -0.39 is 0 Å². The molecule has 0 radical (unpaired) electrons. The SMILES string of the molecule is Cc1ccccc1C1(CNC(=O)N2CCC(C(C)O)CC2)CC1. The van der Waals surface area contributed by atoms with Crippen LogP contribution in [0.2, 0.25) is 0 Å². The topological polar surface area (TPSA) is 52.6 Å². The molecule has 1 atom stereocenters. The van der Waals surface area contributed by atoms with E-state index in [4.69, 9.17) is 0 Å². The fourth-order valence-electron chi connectivity index (χ4n) is 3.80. The molecule has 1 saturated heterocycles. The second kappa shape index (κ2) is 6.52. The molecule has 3 rings (SSSR count). The van der Waals surface area contributed by atoms with Gasteiger partial charge in [0.05, 0.1) is 6.10 Å². The summed E-state index contributed by atoms with van der Waals surface area (Å²) in [5, 5.41) is 12.8. The lowest BCUT2D eigenvalue weighted by Crippen LogP contribution is -2.47. The van der Waals surface area contributed by atoms with Crippen molar-refractivity contribution >= 4 is 6.03 Å². The van der Waals surface area contributed by atoms with Gasteiger partial charge in [0.15, 0.2) is 0 Å². The molecule has 2 amide bonds. The van der Waals surface area contributed by atoms with Crippen molar-refractivity contribution in [1.29, 1.82) is 0 Å². The third-order valence-electron chi connectivity index (χ3n) is 5.66. The largest absolute Gasteiger partial charge is 0.393 e. The molecule has 23 heavy (non-hydrogen) atoms. The minimum absolute atomic E-state index is 0.0499. The van der Waals surface area contributed by atoms with Gasteiger partial charge in [-0.1, -0.05) is 24.3 Å². The number of urea groups is 1. The van der Waals surface area contributed by atoms with Gasteiger partial charge in [-0.25, -0.2) is 4.79 Å². The van der Waals surface area contributed by atoms with Crippen LogP contribution in [0.15, 0.2) is 24.3 Å². The lowest BCUT2D eigenvalue weighted by atomic mass is 9.91. The first-order valence-corrected chi connectivity index (χ1v) is 8.79. The van der Waals surface area contributed by atoms with E-state index in [1.807, 2.05) is 11.8 Å². The number of carbonyl (C=O) groups is 1. The van der Waals surface area contributed by atoms with Gasteiger partial charge in [-0.05, 0) is 56.6 Å². The number of aliphatic hydroxyl groups excluding tert-OH is 1. The summed E-state index contributed by atoms with van der Waals surface area (Å²) in [4.78, 5) is 14.3. The molecule has 2 N–H and O–H groups in total. The van der Waals surface area contributed by atoms with Crippen LogP contribution in [0.25, 0.3) is 0 Å². The summed E-state index contributed by atoms with van der Waals surface area (Å²) in [6, 6.07) is 8.56. The summed E-state index contributed by atoms with van der Waals surface area (Å²) < 4.78 is 0. The van der Waals surface area contributed by atoms with Gasteiger partial charge in [-0.3, -0.25) is 0 Å². The molecule has 1 aromatic rings. The monoisotopic (exact) mass is 316 g/mol. The molecule has 1 saturated carbocycles. The fourth-order valence-corrected chi connectivity index (χ4v) is 3.80. The molecular weight excluding hydrogens is 288 g/mol. The van der Waals surface area contributed by atoms with Crippen LogP contribution in [0, 0.1) is 12.8 Å². The number of hydrogen-bond donors (Lipinski definition) is 2. The predicted molar refractivity (Wildman–Crippen MR) is 91.5 cm³/mol. The summed E-state index contributed by atoms with van der Waals surface area (Å²) in [6.07, 6.45) is 3.84. The number of nitrogens with zero attached hydrogens (tertiary/aromatic N) is 1. The van der Waals surface area contributed by atoms with Crippen LogP contribution in [-0.4, -0.2) is 41.8 Å². The Morgan fingerprint density at radius 3 is 2.57 bits per heavy atom. The number of hydrogen-bond acceptors (Lipinski definition) is 2. The van der Waals surface area contributed by atoms with Crippen molar-refractivity contribution < 1.29 is 9.90 Å². The molecule has 2 aliphatic rings. The standard InChI is InChI=1S/C19H28N2O2/c1-14-5-3-4-6-17(14)19(9-10-19)13-20-18(23)21-11-7-16(8-12-21)15(2)22/h3-6,15-16,22H,7-13H2,1-2H3,(H,20,23). The van der Waals surface area contributed by atoms with Crippen LogP contribution in [0.5, 0.6) is 0 Å². The highest BCUT2D eigenvalue weighted by atomic mass is 16.3. The first-order valence-electron chi connectivity index (χ1n) is 8.79. The molecule has 1 aliphatic carbocycles. The summed E-state index contributed by atoms with van der Waals surface area (Å²) in [5.41, 5.74) is 2.85.